The highest BCUT2D eigenvalue weighted by atomic mass is 35.5. The molecule has 0 bridgehead atoms. The normalized spacial score (nSPS) is 13.0. The number of hydrogen-bond donors (Lipinski definition) is 3. The Hall–Kier alpha value is -3.64. The van der Waals surface area contributed by atoms with E-state index in [2.05, 4.69) is 20.3 Å². The van der Waals surface area contributed by atoms with Crippen LogP contribution in [0.2, 0.25) is 5.02 Å². The van der Waals surface area contributed by atoms with Gasteiger partial charge in [0.2, 0.25) is 15.7 Å². The molecular formula is C26H25ClF3N5O3S. The second-order valence-corrected chi connectivity index (χ2v) is 11.6. The molecule has 4 aromatic rings. The molecule has 0 spiro atoms. The van der Waals surface area contributed by atoms with E-state index in [4.69, 9.17) is 11.6 Å². The number of fused-ring (bicyclic) bond motifs is 1. The summed E-state index contributed by atoms with van der Waals surface area (Å²) in [6, 6.07) is 7.01. The number of rotatable bonds is 8. The number of aromatic amines is 1. The van der Waals surface area contributed by atoms with Crippen LogP contribution in [0.15, 0.2) is 64.9 Å². The van der Waals surface area contributed by atoms with Gasteiger partial charge in [0.15, 0.2) is 0 Å². The predicted octanol–water partition coefficient (Wildman–Crippen LogP) is 5.53. The smallest absolute Gasteiger partial charge is 0.372 e. The molecule has 1 aromatic carbocycles. The lowest BCUT2D eigenvalue weighted by molar-refractivity contribution is -0.139. The molecule has 13 heteroatoms. The first-order valence-electron chi connectivity index (χ1n) is 11.8. The standard InChI is InChI=1S/C26H25ClF3N5O3S/c1-14(2)22(25(36)34-13-26(28,29)30)35-17-8-16(9-31-10-17)19-11-32-24-21(19)23(20(27)12-33-24)39(37,38)18-6-4-15(3)5-7-18/h4-12,14,22,35H,13H2,1-3H3,(H,32,33)(H,34,36). The Morgan fingerprint density at radius 2 is 1.82 bits per heavy atom. The Bertz CT molecular complexity index is 1620. The molecule has 8 nitrogen and oxygen atoms in total. The molecule has 1 amide bonds. The van der Waals surface area contributed by atoms with E-state index in [1.165, 1.54) is 30.7 Å². The van der Waals surface area contributed by atoms with Gasteiger partial charge in [0.05, 0.1) is 15.6 Å². The zero-order chi connectivity index (χ0) is 28.5. The van der Waals surface area contributed by atoms with E-state index in [1.54, 1.807) is 38.2 Å². The monoisotopic (exact) mass is 579 g/mol. The van der Waals surface area contributed by atoms with Crippen molar-refractivity contribution < 1.29 is 26.4 Å². The molecule has 0 radical (unpaired) electrons. The Morgan fingerprint density at radius 1 is 1.13 bits per heavy atom. The minimum atomic E-state index is -4.54. The van der Waals surface area contributed by atoms with E-state index in [0.29, 0.717) is 16.8 Å². The van der Waals surface area contributed by atoms with Crippen molar-refractivity contribution in [3.63, 3.8) is 0 Å². The lowest BCUT2D eigenvalue weighted by Crippen LogP contribution is -2.46. The van der Waals surface area contributed by atoms with Crippen molar-refractivity contribution in [3.8, 4) is 11.1 Å². The van der Waals surface area contributed by atoms with E-state index >= 15 is 0 Å². The van der Waals surface area contributed by atoms with Crippen LogP contribution in [0.25, 0.3) is 22.2 Å². The number of halogens is 4. The second-order valence-electron chi connectivity index (χ2n) is 9.34. The number of benzene rings is 1. The highest BCUT2D eigenvalue weighted by molar-refractivity contribution is 7.91. The van der Waals surface area contributed by atoms with Crippen molar-refractivity contribution in [2.45, 2.75) is 42.8 Å². The first-order chi connectivity index (χ1) is 18.3. The molecule has 0 aliphatic carbocycles. The molecule has 0 aliphatic rings. The number of sulfone groups is 1. The third-order valence-electron chi connectivity index (χ3n) is 5.99. The molecule has 0 saturated carbocycles. The Kier molecular flexibility index (Phi) is 7.89. The topological polar surface area (TPSA) is 117 Å². The van der Waals surface area contributed by atoms with E-state index in [-0.39, 0.29) is 31.8 Å². The van der Waals surface area contributed by atoms with Crippen LogP contribution >= 0.6 is 11.6 Å². The molecular weight excluding hydrogens is 555 g/mol. The fraction of sp³-hybridized carbons (Fsp3) is 0.269. The van der Waals surface area contributed by atoms with Gasteiger partial charge in [0.25, 0.3) is 0 Å². The number of aromatic nitrogens is 3. The third-order valence-corrected chi connectivity index (χ3v) is 8.25. The SMILES string of the molecule is Cc1ccc(S(=O)(=O)c2c(Cl)cnc3[nH]cc(-c4cncc(NC(C(=O)NCC(F)(F)F)C(C)C)c4)c23)cc1. The van der Waals surface area contributed by atoms with Gasteiger partial charge in [-0.05, 0) is 31.0 Å². The summed E-state index contributed by atoms with van der Waals surface area (Å²) in [4.78, 5) is 23.8. The van der Waals surface area contributed by atoms with Crippen molar-refractivity contribution >= 4 is 44.1 Å². The van der Waals surface area contributed by atoms with Gasteiger partial charge in [-0.2, -0.15) is 13.2 Å². The van der Waals surface area contributed by atoms with Crippen molar-refractivity contribution in [1.29, 1.82) is 0 Å². The van der Waals surface area contributed by atoms with Crippen LogP contribution in [0.3, 0.4) is 0 Å². The Balaban J connectivity index is 1.75. The van der Waals surface area contributed by atoms with Gasteiger partial charge in [-0.15, -0.1) is 0 Å². The lowest BCUT2D eigenvalue weighted by Gasteiger charge is -2.23. The Morgan fingerprint density at radius 3 is 2.46 bits per heavy atom. The lowest BCUT2D eigenvalue weighted by atomic mass is 10.0. The molecule has 4 rings (SSSR count). The van der Waals surface area contributed by atoms with E-state index in [9.17, 15) is 26.4 Å². The minimum absolute atomic E-state index is 0.0626. The van der Waals surface area contributed by atoms with Gasteiger partial charge in [0, 0.05) is 41.3 Å². The second kappa shape index (κ2) is 10.9. The van der Waals surface area contributed by atoms with Crippen LogP contribution in [0.5, 0.6) is 0 Å². The number of anilines is 1. The number of aryl methyl sites for hydroxylation is 1. The maximum atomic E-state index is 13.7. The summed E-state index contributed by atoms with van der Waals surface area (Å²) < 4.78 is 65.2. The summed E-state index contributed by atoms with van der Waals surface area (Å²) in [5.41, 5.74) is 2.42. The molecule has 0 aliphatic heterocycles. The zero-order valence-electron chi connectivity index (χ0n) is 21.1. The maximum absolute atomic E-state index is 13.7. The zero-order valence-corrected chi connectivity index (χ0v) is 22.7. The van der Waals surface area contributed by atoms with E-state index in [1.807, 2.05) is 12.2 Å². The van der Waals surface area contributed by atoms with E-state index < -0.39 is 34.5 Å². The van der Waals surface area contributed by atoms with E-state index in [0.717, 1.165) is 5.56 Å². The number of carbonyl (C=O) groups excluding carboxylic acids is 1. The van der Waals surface area contributed by atoms with Crippen molar-refractivity contribution in [2.24, 2.45) is 5.92 Å². The van der Waals surface area contributed by atoms with Gasteiger partial charge in [0.1, 0.15) is 23.1 Å². The van der Waals surface area contributed by atoms with Crippen molar-refractivity contribution in [3.05, 3.63) is 65.7 Å². The van der Waals surface area contributed by atoms with Crippen LogP contribution < -0.4 is 10.6 Å². The summed E-state index contributed by atoms with van der Waals surface area (Å²) >= 11 is 6.41. The molecule has 3 heterocycles. The summed E-state index contributed by atoms with van der Waals surface area (Å²) in [6.45, 7) is 3.78. The number of nitrogens with zero attached hydrogens (tertiary/aromatic N) is 2. The van der Waals surface area contributed by atoms with Gasteiger partial charge < -0.3 is 15.6 Å². The number of pyridine rings is 2. The number of H-pyrrole nitrogens is 1. The highest BCUT2D eigenvalue weighted by Gasteiger charge is 2.31. The molecule has 3 N–H and O–H groups in total. The average Bonchev–Trinajstić information content (AvgIpc) is 3.29. The largest absolute Gasteiger partial charge is 0.405 e. The molecule has 0 fully saturated rings. The van der Waals surface area contributed by atoms with Crippen LogP contribution in [-0.2, 0) is 14.6 Å². The quantitative estimate of drug-likeness (QED) is 0.253. The fourth-order valence-electron chi connectivity index (χ4n) is 4.05. The first-order valence-corrected chi connectivity index (χ1v) is 13.7. The Labute approximate surface area is 227 Å². The number of hydrogen-bond acceptors (Lipinski definition) is 6. The molecule has 1 atom stereocenters. The summed E-state index contributed by atoms with van der Waals surface area (Å²) in [6.07, 6.45) is 1.19. The first kappa shape index (κ1) is 28.4. The van der Waals surface area contributed by atoms with Crippen LogP contribution in [0.1, 0.15) is 19.4 Å². The number of amides is 1. The van der Waals surface area contributed by atoms with Crippen LogP contribution in [0, 0.1) is 12.8 Å². The molecule has 0 saturated heterocycles. The third kappa shape index (κ3) is 6.17. The van der Waals surface area contributed by atoms with Crippen molar-refractivity contribution in [2.75, 3.05) is 11.9 Å². The molecule has 206 valence electrons. The minimum Gasteiger partial charge on any atom is -0.372 e. The van der Waals surface area contributed by atoms with Crippen LogP contribution in [-0.4, -0.2) is 48.0 Å². The number of alkyl halides is 3. The van der Waals surface area contributed by atoms with Gasteiger partial charge in [-0.3, -0.25) is 9.78 Å². The highest BCUT2D eigenvalue weighted by Crippen LogP contribution is 2.39. The van der Waals surface area contributed by atoms with Gasteiger partial charge >= 0.3 is 6.18 Å². The van der Waals surface area contributed by atoms with Gasteiger partial charge in [-0.25, -0.2) is 13.4 Å². The van der Waals surface area contributed by atoms with Gasteiger partial charge in [-0.1, -0.05) is 43.1 Å². The predicted molar refractivity (Wildman–Crippen MR) is 142 cm³/mol. The van der Waals surface area contributed by atoms with Crippen molar-refractivity contribution in [1.82, 2.24) is 20.3 Å². The summed E-state index contributed by atoms with van der Waals surface area (Å²) in [5, 5.41) is 5.03. The number of nitrogens with one attached hydrogen (secondary N) is 3. The molecule has 3 aromatic heterocycles. The number of carbonyl (C=O) groups is 1. The maximum Gasteiger partial charge on any atom is 0.405 e. The molecule has 1 unspecified atom stereocenters. The fourth-order valence-corrected chi connectivity index (χ4v) is 6.01. The summed E-state index contributed by atoms with van der Waals surface area (Å²) in [5.74, 6) is -1.17. The summed E-state index contributed by atoms with van der Waals surface area (Å²) in [7, 11) is -4.06. The average molecular weight is 580 g/mol. The molecule has 39 heavy (non-hydrogen) atoms. The van der Waals surface area contributed by atoms with Crippen LogP contribution in [0.4, 0.5) is 18.9 Å².